The standard InChI is InChI=1S/C20H15ClN4O3.C13H13N3O2.C7H3Cl2NO/c21-13-3-8-18-17(10-13)25-20(28-18)23-12-19(26)24-14-4-6-15(7-5-14)27-16-2-1-9-22-11-16;14-8-13(17)16-10-3-5-11(6-4-10)18-12-2-1-7-15-9-12;8-4-1-2-6-5(3-4)10-7(9)11-6/h1-11H,12H2,(H,23,25)(H,24,26);1-7,9H,8,14H2,(H,16,17);1-3H. The Morgan fingerprint density at radius 3 is 1.63 bits per heavy atom. The fourth-order valence-electron chi connectivity index (χ4n) is 4.72. The van der Waals surface area contributed by atoms with Gasteiger partial charge >= 0.3 is 0 Å². The van der Waals surface area contributed by atoms with Crippen LogP contribution < -0.4 is 31.2 Å². The molecule has 2 amide bonds. The number of nitrogens with two attached hydrogens (primary N) is 1. The van der Waals surface area contributed by atoms with Gasteiger partial charge in [0.2, 0.25) is 11.8 Å². The average molecular weight is 826 g/mol. The minimum Gasteiger partial charge on any atom is -0.456 e. The van der Waals surface area contributed by atoms with E-state index in [2.05, 4.69) is 35.9 Å². The highest BCUT2D eigenvalue weighted by Gasteiger charge is 2.09. The molecule has 8 aromatic rings. The number of rotatable bonds is 10. The normalized spacial score (nSPS) is 10.4. The molecular formula is C40H31Cl3N8O6. The minimum atomic E-state index is -0.235. The van der Waals surface area contributed by atoms with Gasteiger partial charge in [-0.15, -0.1) is 0 Å². The van der Waals surface area contributed by atoms with Crippen molar-refractivity contribution in [2.75, 3.05) is 29.0 Å². The van der Waals surface area contributed by atoms with Gasteiger partial charge in [-0.05, 0) is 121 Å². The van der Waals surface area contributed by atoms with E-state index in [1.54, 1.807) is 122 Å². The van der Waals surface area contributed by atoms with Crippen LogP contribution in [0.3, 0.4) is 0 Å². The number of carbonyl (C=O) groups excluding carboxylic acids is 2. The highest BCUT2D eigenvalue weighted by atomic mass is 35.5. The van der Waals surface area contributed by atoms with Crippen LogP contribution >= 0.6 is 34.8 Å². The molecule has 4 heterocycles. The van der Waals surface area contributed by atoms with E-state index in [4.69, 9.17) is 58.8 Å². The second-order valence-corrected chi connectivity index (χ2v) is 12.7. The van der Waals surface area contributed by atoms with Gasteiger partial charge in [0.15, 0.2) is 11.2 Å². The van der Waals surface area contributed by atoms with Crippen LogP contribution in [0.25, 0.3) is 22.2 Å². The SMILES string of the molecule is Clc1ccc2oc(Cl)nc2c1.NCC(=O)Nc1ccc(Oc2cccnc2)cc1.O=C(CNc1nc2cc(Cl)ccc2o1)Nc1ccc(Oc2cccnc2)cc1. The molecule has 17 heteroatoms. The Morgan fingerprint density at radius 1 is 0.614 bits per heavy atom. The number of pyridine rings is 2. The summed E-state index contributed by atoms with van der Waals surface area (Å²) in [5.41, 5.74) is 9.09. The van der Waals surface area contributed by atoms with E-state index in [0.29, 0.717) is 66.6 Å². The van der Waals surface area contributed by atoms with Gasteiger partial charge in [0.25, 0.3) is 11.4 Å². The molecule has 0 saturated carbocycles. The number of ether oxygens (including phenoxy) is 2. The zero-order valence-corrected chi connectivity index (χ0v) is 31.8. The third-order valence-electron chi connectivity index (χ3n) is 7.28. The summed E-state index contributed by atoms with van der Waals surface area (Å²) >= 11 is 17.1. The van der Waals surface area contributed by atoms with Crippen LogP contribution in [-0.2, 0) is 9.59 Å². The first-order valence-corrected chi connectivity index (χ1v) is 18.0. The van der Waals surface area contributed by atoms with Gasteiger partial charge in [-0.2, -0.15) is 9.97 Å². The Labute approximate surface area is 339 Å². The summed E-state index contributed by atoms with van der Waals surface area (Å²) in [5.74, 6) is 2.17. The van der Waals surface area contributed by atoms with Crippen LogP contribution in [0.5, 0.6) is 23.0 Å². The van der Waals surface area contributed by atoms with Gasteiger partial charge in [-0.25, -0.2) is 0 Å². The molecule has 0 saturated heterocycles. The molecule has 0 bridgehead atoms. The molecule has 0 spiro atoms. The van der Waals surface area contributed by atoms with Gasteiger partial charge in [0, 0.05) is 33.8 Å². The van der Waals surface area contributed by atoms with Gasteiger partial charge < -0.3 is 40.0 Å². The molecule has 0 aliphatic rings. The first-order chi connectivity index (χ1) is 27.7. The number of fused-ring (bicyclic) bond motifs is 2. The molecule has 0 aliphatic carbocycles. The third kappa shape index (κ3) is 12.4. The Balaban J connectivity index is 0.000000161. The van der Waals surface area contributed by atoms with Gasteiger partial charge in [-0.1, -0.05) is 23.2 Å². The number of nitrogens with one attached hydrogen (secondary N) is 3. The molecule has 288 valence electrons. The number of anilines is 3. The van der Waals surface area contributed by atoms with Crippen molar-refractivity contribution in [1.29, 1.82) is 0 Å². The monoisotopic (exact) mass is 824 g/mol. The minimum absolute atomic E-state index is 0.00842. The lowest BCUT2D eigenvalue weighted by atomic mass is 10.3. The fraction of sp³-hybridized carbons (Fsp3) is 0.0500. The topological polar surface area (TPSA) is 193 Å². The lowest BCUT2D eigenvalue weighted by molar-refractivity contribution is -0.115. The molecule has 0 atom stereocenters. The van der Waals surface area contributed by atoms with E-state index < -0.39 is 0 Å². The maximum absolute atomic E-state index is 12.1. The van der Waals surface area contributed by atoms with E-state index >= 15 is 0 Å². The van der Waals surface area contributed by atoms with Crippen molar-refractivity contribution in [2.24, 2.45) is 5.73 Å². The van der Waals surface area contributed by atoms with E-state index in [-0.39, 0.29) is 36.3 Å². The van der Waals surface area contributed by atoms with Crippen molar-refractivity contribution < 1.29 is 27.9 Å². The van der Waals surface area contributed by atoms with E-state index in [1.165, 1.54) is 0 Å². The van der Waals surface area contributed by atoms with Gasteiger partial charge in [-0.3, -0.25) is 19.6 Å². The van der Waals surface area contributed by atoms with Crippen molar-refractivity contribution in [1.82, 2.24) is 19.9 Å². The molecule has 0 radical (unpaired) electrons. The van der Waals surface area contributed by atoms with Crippen molar-refractivity contribution in [3.8, 4) is 23.0 Å². The maximum atomic E-state index is 12.1. The predicted molar refractivity (Wildman–Crippen MR) is 219 cm³/mol. The van der Waals surface area contributed by atoms with Crippen molar-refractivity contribution in [2.45, 2.75) is 0 Å². The number of carbonyl (C=O) groups is 2. The second kappa shape index (κ2) is 19.7. The Morgan fingerprint density at radius 2 is 1.12 bits per heavy atom. The van der Waals surface area contributed by atoms with Crippen LogP contribution in [-0.4, -0.2) is 44.8 Å². The first kappa shape index (κ1) is 40.0. The van der Waals surface area contributed by atoms with Gasteiger partial charge in [0.05, 0.1) is 25.5 Å². The zero-order valence-electron chi connectivity index (χ0n) is 29.6. The average Bonchev–Trinajstić information content (AvgIpc) is 3.81. The molecule has 57 heavy (non-hydrogen) atoms. The molecule has 0 unspecified atom stereocenters. The molecule has 4 aromatic carbocycles. The summed E-state index contributed by atoms with van der Waals surface area (Å²) in [5, 5.41) is 9.63. The zero-order chi connectivity index (χ0) is 40.0. The van der Waals surface area contributed by atoms with E-state index in [1.807, 2.05) is 12.1 Å². The molecule has 5 N–H and O–H groups in total. The lowest BCUT2D eigenvalue weighted by Gasteiger charge is -2.08. The largest absolute Gasteiger partial charge is 0.456 e. The summed E-state index contributed by atoms with van der Waals surface area (Å²) in [6.07, 6.45) is 6.61. The van der Waals surface area contributed by atoms with Crippen molar-refractivity contribution in [3.05, 3.63) is 149 Å². The summed E-state index contributed by atoms with van der Waals surface area (Å²) < 4.78 is 21.8. The smallest absolute Gasteiger partial charge is 0.296 e. The highest BCUT2D eigenvalue weighted by Crippen LogP contribution is 2.25. The van der Waals surface area contributed by atoms with Crippen LogP contribution in [0, 0.1) is 0 Å². The predicted octanol–water partition coefficient (Wildman–Crippen LogP) is 9.62. The van der Waals surface area contributed by atoms with Crippen LogP contribution in [0.15, 0.2) is 143 Å². The maximum Gasteiger partial charge on any atom is 0.296 e. The number of amides is 2. The Kier molecular flexibility index (Phi) is 13.8. The van der Waals surface area contributed by atoms with E-state index in [9.17, 15) is 9.59 Å². The summed E-state index contributed by atoms with van der Waals surface area (Å²) in [6, 6.07) is 31.8. The van der Waals surface area contributed by atoms with Crippen LogP contribution in [0.2, 0.25) is 15.4 Å². The second-order valence-electron chi connectivity index (χ2n) is 11.5. The molecule has 14 nitrogen and oxygen atoms in total. The van der Waals surface area contributed by atoms with Crippen LogP contribution in [0.1, 0.15) is 0 Å². The summed E-state index contributed by atoms with van der Waals surface area (Å²) in [4.78, 5) is 39.3. The number of halogens is 3. The molecule has 0 aliphatic heterocycles. The lowest BCUT2D eigenvalue weighted by Crippen LogP contribution is -2.21. The number of aromatic nitrogens is 4. The molecule has 4 aromatic heterocycles. The molecule has 0 fully saturated rings. The van der Waals surface area contributed by atoms with Crippen LogP contribution in [0.4, 0.5) is 17.4 Å². The fourth-order valence-corrected chi connectivity index (χ4v) is 5.23. The third-order valence-corrected chi connectivity index (χ3v) is 7.91. The molecular weight excluding hydrogens is 795 g/mol. The van der Waals surface area contributed by atoms with Crippen molar-refractivity contribution >= 4 is 86.2 Å². The number of oxazole rings is 2. The number of benzene rings is 4. The first-order valence-electron chi connectivity index (χ1n) is 16.9. The molecule has 8 rings (SSSR count). The highest BCUT2D eigenvalue weighted by molar-refractivity contribution is 6.31. The summed E-state index contributed by atoms with van der Waals surface area (Å²) in [7, 11) is 0. The Bertz CT molecular complexity index is 2540. The number of hydrogen-bond donors (Lipinski definition) is 4. The Hall–Kier alpha value is -6.71. The number of nitrogens with zero attached hydrogens (tertiary/aromatic N) is 4. The quantitative estimate of drug-likeness (QED) is 0.102. The van der Waals surface area contributed by atoms with E-state index in [0.717, 1.165) is 0 Å². The van der Waals surface area contributed by atoms with Crippen molar-refractivity contribution in [3.63, 3.8) is 0 Å². The number of hydrogen-bond acceptors (Lipinski definition) is 12. The van der Waals surface area contributed by atoms with Gasteiger partial charge in [0.1, 0.15) is 34.0 Å². The summed E-state index contributed by atoms with van der Waals surface area (Å²) in [6.45, 7) is -0.0254.